The molecule has 1 aromatic heterocycles. The Labute approximate surface area is 122 Å². The second-order valence-corrected chi connectivity index (χ2v) is 6.09. The summed E-state index contributed by atoms with van der Waals surface area (Å²) >= 11 is 1.57. The van der Waals surface area contributed by atoms with Crippen molar-refractivity contribution in [1.82, 2.24) is 15.6 Å². The predicted octanol–water partition coefficient (Wildman–Crippen LogP) is 2.37. The van der Waals surface area contributed by atoms with Gasteiger partial charge in [0.15, 0.2) is 0 Å². The molecule has 0 spiro atoms. The molecule has 2 amide bonds. The summed E-state index contributed by atoms with van der Waals surface area (Å²) in [4.78, 5) is 27.6. The number of aromatic nitrogens is 1. The lowest BCUT2D eigenvalue weighted by molar-refractivity contribution is -0.137. The average Bonchev–Trinajstić information content (AvgIpc) is 2.65. The quantitative estimate of drug-likeness (QED) is 0.752. The number of hydrogen-bond acceptors (Lipinski definition) is 4. The summed E-state index contributed by atoms with van der Waals surface area (Å²) in [6.45, 7) is 7.54. The molecule has 0 aromatic carbocycles. The summed E-state index contributed by atoms with van der Waals surface area (Å²) in [6, 6.07) is -0.587. The highest BCUT2D eigenvalue weighted by Crippen LogP contribution is 2.24. The molecule has 112 valence electrons. The fourth-order valence-corrected chi connectivity index (χ4v) is 2.82. The molecule has 0 saturated carbocycles. The van der Waals surface area contributed by atoms with Crippen molar-refractivity contribution in [2.75, 3.05) is 0 Å². The molecule has 0 saturated heterocycles. The summed E-state index contributed by atoms with van der Waals surface area (Å²) < 4.78 is 0. The zero-order valence-corrected chi connectivity index (χ0v) is 13.0. The number of carbonyl (C=O) groups excluding carboxylic acids is 1. The Balaban J connectivity index is 2.45. The van der Waals surface area contributed by atoms with E-state index in [4.69, 9.17) is 5.11 Å². The minimum Gasteiger partial charge on any atom is -0.481 e. The van der Waals surface area contributed by atoms with Crippen molar-refractivity contribution in [1.29, 1.82) is 0 Å². The number of carboxylic acid groups (broad SMARTS) is 1. The average molecular weight is 299 g/mol. The number of carboxylic acids is 1. The van der Waals surface area contributed by atoms with Crippen LogP contribution in [0.25, 0.3) is 0 Å². The Bertz CT molecular complexity index is 487. The summed E-state index contributed by atoms with van der Waals surface area (Å²) in [5.41, 5.74) is 0.930. The normalized spacial score (nSPS) is 13.6. The lowest BCUT2D eigenvalue weighted by Crippen LogP contribution is -2.41. The molecule has 0 bridgehead atoms. The molecule has 0 aliphatic carbocycles. The molecular weight excluding hydrogens is 278 g/mol. The molecule has 7 heteroatoms. The first kappa shape index (κ1) is 16.4. The number of carbonyl (C=O) groups is 2. The topological polar surface area (TPSA) is 91.3 Å². The first-order valence-electron chi connectivity index (χ1n) is 6.52. The highest BCUT2D eigenvalue weighted by molar-refractivity contribution is 7.11. The van der Waals surface area contributed by atoms with Gasteiger partial charge in [-0.05, 0) is 34.1 Å². The van der Waals surface area contributed by atoms with E-state index >= 15 is 0 Å². The van der Waals surface area contributed by atoms with Crippen LogP contribution < -0.4 is 10.6 Å². The standard InChI is InChI=1S/C13H21N3O3S/c1-7(5-6-11(17)18)14-13(19)16-9(3)12-8(2)15-10(4)20-12/h7,9H,5-6H2,1-4H3,(H,17,18)(H2,14,16,19). The van der Waals surface area contributed by atoms with Gasteiger partial charge in [0.25, 0.3) is 0 Å². The van der Waals surface area contributed by atoms with Crippen LogP contribution in [0.1, 0.15) is 48.3 Å². The minimum atomic E-state index is -0.858. The van der Waals surface area contributed by atoms with Gasteiger partial charge in [0.05, 0.1) is 16.7 Å². The number of aryl methyl sites for hydroxylation is 2. The van der Waals surface area contributed by atoms with Crippen LogP contribution in [0, 0.1) is 13.8 Å². The first-order chi connectivity index (χ1) is 9.29. The van der Waals surface area contributed by atoms with E-state index in [0.29, 0.717) is 6.42 Å². The zero-order chi connectivity index (χ0) is 15.3. The molecule has 3 N–H and O–H groups in total. The van der Waals surface area contributed by atoms with Crippen molar-refractivity contribution in [2.45, 2.75) is 52.6 Å². The molecule has 2 unspecified atom stereocenters. The molecule has 0 fully saturated rings. The number of urea groups is 1. The molecule has 6 nitrogen and oxygen atoms in total. The summed E-state index contributed by atoms with van der Waals surface area (Å²) in [5, 5.41) is 15.1. The Morgan fingerprint density at radius 3 is 2.45 bits per heavy atom. The van der Waals surface area contributed by atoms with Crippen molar-refractivity contribution in [3.05, 3.63) is 15.6 Å². The van der Waals surface area contributed by atoms with Gasteiger partial charge in [0.1, 0.15) is 0 Å². The number of aliphatic carboxylic acids is 1. The lowest BCUT2D eigenvalue weighted by Gasteiger charge is -2.17. The maximum atomic E-state index is 11.8. The smallest absolute Gasteiger partial charge is 0.315 e. The molecule has 0 aliphatic rings. The molecule has 0 radical (unpaired) electrons. The van der Waals surface area contributed by atoms with Gasteiger partial charge in [0, 0.05) is 17.3 Å². The highest BCUT2D eigenvalue weighted by atomic mass is 32.1. The molecular formula is C13H21N3O3S. The third-order valence-corrected chi connectivity index (χ3v) is 4.10. The van der Waals surface area contributed by atoms with E-state index in [2.05, 4.69) is 15.6 Å². The van der Waals surface area contributed by atoms with Gasteiger partial charge < -0.3 is 15.7 Å². The van der Waals surface area contributed by atoms with Gasteiger partial charge in [-0.2, -0.15) is 0 Å². The number of hydrogen-bond donors (Lipinski definition) is 3. The van der Waals surface area contributed by atoms with Crippen LogP contribution in [0.3, 0.4) is 0 Å². The maximum absolute atomic E-state index is 11.8. The number of amides is 2. The van der Waals surface area contributed by atoms with Crippen LogP contribution in [-0.2, 0) is 4.79 Å². The largest absolute Gasteiger partial charge is 0.481 e. The van der Waals surface area contributed by atoms with E-state index in [-0.39, 0.29) is 24.5 Å². The Kier molecular flexibility index (Phi) is 5.94. The number of thiazole rings is 1. The van der Waals surface area contributed by atoms with Crippen LogP contribution in [0.15, 0.2) is 0 Å². The first-order valence-corrected chi connectivity index (χ1v) is 7.34. The van der Waals surface area contributed by atoms with Crippen molar-refractivity contribution in [2.24, 2.45) is 0 Å². The van der Waals surface area contributed by atoms with Crippen LogP contribution in [0.4, 0.5) is 4.79 Å². The predicted molar refractivity (Wildman–Crippen MR) is 78.0 cm³/mol. The van der Waals surface area contributed by atoms with E-state index in [0.717, 1.165) is 15.6 Å². The molecule has 2 atom stereocenters. The summed E-state index contributed by atoms with van der Waals surface area (Å²) in [5.74, 6) is -0.858. The van der Waals surface area contributed by atoms with E-state index in [1.54, 1.807) is 18.3 Å². The van der Waals surface area contributed by atoms with Gasteiger partial charge in [-0.15, -0.1) is 11.3 Å². The minimum absolute atomic E-state index is 0.0458. The molecule has 20 heavy (non-hydrogen) atoms. The second-order valence-electron chi connectivity index (χ2n) is 4.86. The van der Waals surface area contributed by atoms with E-state index < -0.39 is 5.97 Å². The van der Waals surface area contributed by atoms with Crippen LogP contribution in [-0.4, -0.2) is 28.1 Å². The highest BCUT2D eigenvalue weighted by Gasteiger charge is 2.16. The van der Waals surface area contributed by atoms with Crippen LogP contribution in [0.5, 0.6) is 0 Å². The lowest BCUT2D eigenvalue weighted by atomic mass is 10.2. The molecule has 1 heterocycles. The third-order valence-electron chi connectivity index (χ3n) is 2.85. The molecule has 0 aliphatic heterocycles. The Morgan fingerprint density at radius 1 is 1.30 bits per heavy atom. The molecule has 1 rings (SSSR count). The van der Waals surface area contributed by atoms with Crippen molar-refractivity contribution < 1.29 is 14.7 Å². The maximum Gasteiger partial charge on any atom is 0.315 e. The second kappa shape index (κ2) is 7.23. The third kappa shape index (κ3) is 5.16. The fraction of sp³-hybridized carbons (Fsp3) is 0.615. The Hall–Kier alpha value is -1.63. The van der Waals surface area contributed by atoms with E-state index in [1.165, 1.54) is 0 Å². The van der Waals surface area contributed by atoms with Crippen molar-refractivity contribution in [3.63, 3.8) is 0 Å². The van der Waals surface area contributed by atoms with Crippen LogP contribution >= 0.6 is 11.3 Å². The van der Waals surface area contributed by atoms with Gasteiger partial charge in [-0.3, -0.25) is 4.79 Å². The van der Waals surface area contributed by atoms with Gasteiger partial charge >= 0.3 is 12.0 Å². The van der Waals surface area contributed by atoms with Crippen LogP contribution in [0.2, 0.25) is 0 Å². The van der Waals surface area contributed by atoms with Gasteiger partial charge in [-0.25, -0.2) is 9.78 Å². The number of nitrogens with zero attached hydrogens (tertiary/aromatic N) is 1. The number of nitrogens with one attached hydrogen (secondary N) is 2. The summed E-state index contributed by atoms with van der Waals surface area (Å²) in [6.07, 6.45) is 0.458. The van der Waals surface area contributed by atoms with E-state index in [1.807, 2.05) is 20.8 Å². The fourth-order valence-electron chi connectivity index (χ4n) is 1.89. The molecule has 1 aromatic rings. The van der Waals surface area contributed by atoms with Gasteiger partial charge in [-0.1, -0.05) is 0 Å². The van der Waals surface area contributed by atoms with Gasteiger partial charge in [0.2, 0.25) is 0 Å². The van der Waals surface area contributed by atoms with Crippen molar-refractivity contribution >= 4 is 23.3 Å². The van der Waals surface area contributed by atoms with Crippen molar-refractivity contribution in [3.8, 4) is 0 Å². The monoisotopic (exact) mass is 299 g/mol. The SMILES string of the molecule is Cc1nc(C)c(C(C)NC(=O)NC(C)CCC(=O)O)s1. The summed E-state index contributed by atoms with van der Waals surface area (Å²) in [7, 11) is 0. The number of rotatable bonds is 6. The zero-order valence-electron chi connectivity index (χ0n) is 12.2. The Morgan fingerprint density at radius 2 is 1.95 bits per heavy atom. The van der Waals surface area contributed by atoms with E-state index in [9.17, 15) is 9.59 Å².